The number of amides is 2. The predicted molar refractivity (Wildman–Crippen MR) is 58.7 cm³/mol. The van der Waals surface area contributed by atoms with Crippen LogP contribution in [0.5, 0.6) is 0 Å². The van der Waals surface area contributed by atoms with E-state index in [-0.39, 0.29) is 31.4 Å². The second kappa shape index (κ2) is 5.05. The van der Waals surface area contributed by atoms with Gasteiger partial charge in [-0.25, -0.2) is 9.67 Å². The second-order valence-corrected chi connectivity index (χ2v) is 3.88. The highest BCUT2D eigenvalue weighted by Gasteiger charge is 2.26. The first kappa shape index (κ1) is 11.7. The first-order valence-electron chi connectivity index (χ1n) is 5.63. The first-order valence-corrected chi connectivity index (χ1v) is 5.63. The molecule has 2 rings (SSSR count). The topological polar surface area (TPSA) is 80.1 Å². The van der Waals surface area contributed by atoms with Crippen molar-refractivity contribution in [3.8, 4) is 0 Å². The summed E-state index contributed by atoms with van der Waals surface area (Å²) in [5, 5.41) is 6.81. The largest absolute Gasteiger partial charge is 0.300 e. The summed E-state index contributed by atoms with van der Waals surface area (Å²) in [6.07, 6.45) is 2.38. The molecule has 0 aliphatic carbocycles. The van der Waals surface area contributed by atoms with Gasteiger partial charge in [0, 0.05) is 6.54 Å². The van der Waals surface area contributed by atoms with E-state index >= 15 is 0 Å². The lowest BCUT2D eigenvalue weighted by Gasteiger charge is -2.25. The number of aryl methyl sites for hydroxylation is 1. The smallest absolute Gasteiger partial charge is 0.243 e. The van der Waals surface area contributed by atoms with Gasteiger partial charge in [0.2, 0.25) is 11.8 Å². The summed E-state index contributed by atoms with van der Waals surface area (Å²) in [4.78, 5) is 28.5. The second-order valence-electron chi connectivity index (χ2n) is 3.88. The molecular formula is C10H15N5O2. The SMILES string of the molecule is CCCn1ncnc1CN1C(=O)CNCC1=O. The Hall–Kier alpha value is -1.76. The van der Waals surface area contributed by atoms with Crippen molar-refractivity contribution in [3.05, 3.63) is 12.2 Å². The molecule has 0 aromatic carbocycles. The Morgan fingerprint density at radius 2 is 2.06 bits per heavy atom. The molecule has 0 spiro atoms. The molecule has 1 aliphatic rings. The van der Waals surface area contributed by atoms with Crippen LogP contribution in [-0.4, -0.2) is 44.6 Å². The zero-order chi connectivity index (χ0) is 12.3. The van der Waals surface area contributed by atoms with E-state index < -0.39 is 0 Å². The maximum absolute atomic E-state index is 11.6. The van der Waals surface area contributed by atoms with Gasteiger partial charge >= 0.3 is 0 Å². The molecular weight excluding hydrogens is 222 g/mol. The fourth-order valence-corrected chi connectivity index (χ4v) is 1.73. The lowest BCUT2D eigenvalue weighted by molar-refractivity contribution is -0.147. The molecule has 1 aromatic heterocycles. The van der Waals surface area contributed by atoms with Gasteiger partial charge in [0.25, 0.3) is 0 Å². The van der Waals surface area contributed by atoms with Crippen LogP contribution in [0.3, 0.4) is 0 Å². The number of hydrogen-bond donors (Lipinski definition) is 1. The molecule has 7 nitrogen and oxygen atoms in total. The molecule has 2 amide bonds. The monoisotopic (exact) mass is 237 g/mol. The van der Waals surface area contributed by atoms with Crippen LogP contribution in [0.2, 0.25) is 0 Å². The number of carbonyl (C=O) groups excluding carboxylic acids is 2. The number of nitrogens with one attached hydrogen (secondary N) is 1. The van der Waals surface area contributed by atoms with Crippen molar-refractivity contribution >= 4 is 11.8 Å². The third-order valence-corrected chi connectivity index (χ3v) is 2.59. The number of piperazine rings is 1. The molecule has 7 heteroatoms. The van der Waals surface area contributed by atoms with Crippen LogP contribution in [0.4, 0.5) is 0 Å². The van der Waals surface area contributed by atoms with Crippen LogP contribution in [0.1, 0.15) is 19.2 Å². The molecule has 1 fully saturated rings. The number of carbonyl (C=O) groups is 2. The third-order valence-electron chi connectivity index (χ3n) is 2.59. The Balaban J connectivity index is 2.10. The van der Waals surface area contributed by atoms with E-state index in [9.17, 15) is 9.59 Å². The molecule has 1 saturated heterocycles. The maximum Gasteiger partial charge on any atom is 0.243 e. The minimum Gasteiger partial charge on any atom is -0.300 e. The first-order chi connectivity index (χ1) is 8.22. The number of aromatic nitrogens is 3. The summed E-state index contributed by atoms with van der Waals surface area (Å²) in [6, 6.07) is 0. The van der Waals surface area contributed by atoms with E-state index in [1.165, 1.54) is 11.2 Å². The predicted octanol–water partition coefficient (Wildman–Crippen LogP) is -0.853. The molecule has 0 bridgehead atoms. The van der Waals surface area contributed by atoms with E-state index in [1.54, 1.807) is 4.68 Å². The number of imide groups is 1. The Labute approximate surface area is 98.8 Å². The van der Waals surface area contributed by atoms with E-state index in [0.717, 1.165) is 13.0 Å². The zero-order valence-electron chi connectivity index (χ0n) is 9.72. The van der Waals surface area contributed by atoms with E-state index in [0.29, 0.717) is 5.82 Å². The van der Waals surface area contributed by atoms with Crippen LogP contribution in [0, 0.1) is 0 Å². The standard InChI is InChI=1S/C10H15N5O2/c1-2-3-15-8(12-7-13-15)6-14-9(16)4-11-5-10(14)17/h7,11H,2-6H2,1H3. The minimum absolute atomic E-state index is 0.202. The van der Waals surface area contributed by atoms with Gasteiger partial charge in [-0.15, -0.1) is 0 Å². The van der Waals surface area contributed by atoms with Crippen LogP contribution >= 0.6 is 0 Å². The molecule has 92 valence electrons. The van der Waals surface area contributed by atoms with Crippen molar-refractivity contribution in [1.29, 1.82) is 0 Å². The molecule has 0 radical (unpaired) electrons. The highest BCUT2D eigenvalue weighted by molar-refractivity contribution is 5.99. The van der Waals surface area contributed by atoms with Crippen LogP contribution in [-0.2, 0) is 22.7 Å². The number of nitrogens with zero attached hydrogens (tertiary/aromatic N) is 4. The van der Waals surface area contributed by atoms with Crippen LogP contribution in [0.15, 0.2) is 6.33 Å². The molecule has 1 aromatic rings. The zero-order valence-corrected chi connectivity index (χ0v) is 9.72. The lowest BCUT2D eigenvalue weighted by Crippen LogP contribution is -2.51. The van der Waals surface area contributed by atoms with Crippen molar-refractivity contribution in [2.75, 3.05) is 13.1 Å². The van der Waals surface area contributed by atoms with Gasteiger partial charge in [-0.05, 0) is 6.42 Å². The van der Waals surface area contributed by atoms with Crippen LogP contribution < -0.4 is 5.32 Å². The summed E-state index contributed by atoms with van der Waals surface area (Å²) in [7, 11) is 0. The fraction of sp³-hybridized carbons (Fsp3) is 0.600. The van der Waals surface area contributed by atoms with Gasteiger partial charge in [-0.3, -0.25) is 19.8 Å². The summed E-state index contributed by atoms with van der Waals surface area (Å²) >= 11 is 0. The summed E-state index contributed by atoms with van der Waals surface area (Å²) in [6.45, 7) is 3.39. The molecule has 0 unspecified atom stereocenters. The molecule has 0 saturated carbocycles. The lowest BCUT2D eigenvalue weighted by atomic mass is 10.3. The van der Waals surface area contributed by atoms with Gasteiger partial charge < -0.3 is 0 Å². The third kappa shape index (κ3) is 2.50. The van der Waals surface area contributed by atoms with E-state index in [1.807, 2.05) is 6.92 Å². The molecule has 17 heavy (non-hydrogen) atoms. The van der Waals surface area contributed by atoms with Gasteiger partial charge in [0.1, 0.15) is 12.2 Å². The van der Waals surface area contributed by atoms with Crippen molar-refractivity contribution in [1.82, 2.24) is 25.0 Å². The Kier molecular flexibility index (Phi) is 3.48. The molecule has 1 aliphatic heterocycles. The highest BCUT2D eigenvalue weighted by atomic mass is 16.2. The highest BCUT2D eigenvalue weighted by Crippen LogP contribution is 2.05. The van der Waals surface area contributed by atoms with Gasteiger partial charge in [-0.1, -0.05) is 6.92 Å². The average molecular weight is 237 g/mol. The molecule has 1 N–H and O–H groups in total. The Morgan fingerprint density at radius 1 is 1.35 bits per heavy atom. The maximum atomic E-state index is 11.6. The van der Waals surface area contributed by atoms with E-state index in [2.05, 4.69) is 15.4 Å². The molecule has 0 atom stereocenters. The summed E-state index contributed by atoms with van der Waals surface area (Å²) < 4.78 is 1.72. The van der Waals surface area contributed by atoms with Crippen molar-refractivity contribution in [2.45, 2.75) is 26.4 Å². The van der Waals surface area contributed by atoms with Crippen molar-refractivity contribution in [2.24, 2.45) is 0 Å². The van der Waals surface area contributed by atoms with Gasteiger partial charge in [-0.2, -0.15) is 5.10 Å². The number of rotatable bonds is 4. The summed E-state index contributed by atoms with van der Waals surface area (Å²) in [5.41, 5.74) is 0. The minimum atomic E-state index is -0.215. The van der Waals surface area contributed by atoms with Crippen molar-refractivity contribution in [3.63, 3.8) is 0 Å². The number of hydrogen-bond acceptors (Lipinski definition) is 5. The Morgan fingerprint density at radius 3 is 2.71 bits per heavy atom. The van der Waals surface area contributed by atoms with Gasteiger partial charge in [0.05, 0.1) is 19.6 Å². The van der Waals surface area contributed by atoms with Crippen molar-refractivity contribution < 1.29 is 9.59 Å². The average Bonchev–Trinajstić information content (AvgIpc) is 2.72. The quantitative estimate of drug-likeness (QED) is 0.690. The summed E-state index contributed by atoms with van der Waals surface area (Å²) in [5.74, 6) is 0.218. The fourth-order valence-electron chi connectivity index (χ4n) is 1.73. The van der Waals surface area contributed by atoms with Crippen LogP contribution in [0.25, 0.3) is 0 Å². The Bertz CT molecular complexity index is 412. The van der Waals surface area contributed by atoms with E-state index in [4.69, 9.17) is 0 Å². The van der Waals surface area contributed by atoms with Gasteiger partial charge in [0.15, 0.2) is 0 Å². The molecule has 2 heterocycles. The normalized spacial score (nSPS) is 16.6.